The van der Waals surface area contributed by atoms with Crippen LogP contribution in [0.1, 0.15) is 19.3 Å². The van der Waals surface area contributed by atoms with Crippen LogP contribution in [0.4, 0.5) is 0 Å². The van der Waals surface area contributed by atoms with Crippen molar-refractivity contribution in [1.82, 2.24) is 19.9 Å². The maximum atomic E-state index is 5.78. The summed E-state index contributed by atoms with van der Waals surface area (Å²) in [6, 6.07) is 2.37. The number of hydrogen-bond donors (Lipinski definition) is 1. The molecule has 0 aliphatic carbocycles. The van der Waals surface area contributed by atoms with Gasteiger partial charge in [0.05, 0.1) is 6.20 Å². The summed E-state index contributed by atoms with van der Waals surface area (Å²) in [7, 11) is 0. The van der Waals surface area contributed by atoms with Crippen LogP contribution in [0, 0.1) is 0 Å². The molecule has 3 rings (SSSR count). The zero-order valence-corrected chi connectivity index (χ0v) is 9.67. The molecule has 0 radical (unpaired) electrons. The van der Waals surface area contributed by atoms with E-state index in [0.717, 1.165) is 12.1 Å². The van der Waals surface area contributed by atoms with E-state index < -0.39 is 0 Å². The molecule has 2 aromatic rings. The molecule has 1 N–H and O–H groups in total. The van der Waals surface area contributed by atoms with Crippen LogP contribution >= 0.6 is 0 Å². The van der Waals surface area contributed by atoms with Crippen molar-refractivity contribution in [2.24, 2.45) is 0 Å². The van der Waals surface area contributed by atoms with Crippen molar-refractivity contribution in [2.45, 2.75) is 25.3 Å². The minimum absolute atomic E-state index is 0.453. The Labute approximate surface area is 99.8 Å². The van der Waals surface area contributed by atoms with E-state index in [9.17, 15) is 0 Å². The van der Waals surface area contributed by atoms with Crippen LogP contribution in [-0.2, 0) is 0 Å². The average molecular weight is 232 g/mol. The Kier molecular flexibility index (Phi) is 2.92. The average Bonchev–Trinajstić information content (AvgIpc) is 2.86. The molecule has 3 heterocycles. The summed E-state index contributed by atoms with van der Waals surface area (Å²) >= 11 is 0. The van der Waals surface area contributed by atoms with Gasteiger partial charge in [-0.05, 0) is 25.5 Å². The van der Waals surface area contributed by atoms with Crippen molar-refractivity contribution >= 4 is 5.52 Å². The van der Waals surface area contributed by atoms with Gasteiger partial charge in [-0.2, -0.15) is 5.10 Å². The molecule has 1 fully saturated rings. The highest BCUT2D eigenvalue weighted by molar-refractivity contribution is 5.54. The van der Waals surface area contributed by atoms with Gasteiger partial charge in [-0.3, -0.25) is 0 Å². The summed E-state index contributed by atoms with van der Waals surface area (Å²) in [4.78, 5) is 4.25. The highest BCUT2D eigenvalue weighted by atomic mass is 16.5. The highest BCUT2D eigenvalue weighted by Crippen LogP contribution is 2.16. The SMILES string of the molecule is c1cn2nccc2c(OCC2CCCCN2)n1. The van der Waals surface area contributed by atoms with Crippen LogP contribution in [-0.4, -0.2) is 33.8 Å². The van der Waals surface area contributed by atoms with Gasteiger partial charge in [0, 0.05) is 18.4 Å². The molecule has 2 aromatic heterocycles. The van der Waals surface area contributed by atoms with E-state index in [1.54, 1.807) is 16.9 Å². The van der Waals surface area contributed by atoms with E-state index in [1.807, 2.05) is 12.3 Å². The van der Waals surface area contributed by atoms with Gasteiger partial charge in [0.1, 0.15) is 12.1 Å². The third kappa shape index (κ3) is 2.24. The molecule has 1 aliphatic heterocycles. The second-order valence-corrected chi connectivity index (χ2v) is 4.35. The zero-order chi connectivity index (χ0) is 11.5. The summed E-state index contributed by atoms with van der Waals surface area (Å²) < 4.78 is 7.56. The summed E-state index contributed by atoms with van der Waals surface area (Å²) in [5.74, 6) is 0.664. The molecule has 1 unspecified atom stereocenters. The standard InChI is InChI=1S/C12H16N4O/c1-2-5-13-10(3-1)9-17-12-11-4-6-15-16(11)8-7-14-12/h4,6-8,10,13H,1-3,5,9H2. The fraction of sp³-hybridized carbons (Fsp3) is 0.500. The number of fused-ring (bicyclic) bond motifs is 1. The molecule has 5 heteroatoms. The lowest BCUT2D eigenvalue weighted by molar-refractivity contribution is 0.233. The van der Waals surface area contributed by atoms with Crippen LogP contribution in [0.5, 0.6) is 5.88 Å². The normalized spacial score (nSPS) is 20.6. The monoisotopic (exact) mass is 232 g/mol. The zero-order valence-electron chi connectivity index (χ0n) is 9.67. The minimum atomic E-state index is 0.453. The van der Waals surface area contributed by atoms with Crippen molar-refractivity contribution in [3.05, 3.63) is 24.7 Å². The first-order valence-electron chi connectivity index (χ1n) is 6.08. The maximum Gasteiger partial charge on any atom is 0.240 e. The van der Waals surface area contributed by atoms with Crippen molar-refractivity contribution in [3.8, 4) is 5.88 Å². The molecule has 0 saturated carbocycles. The Hall–Kier alpha value is -1.62. The fourth-order valence-electron chi connectivity index (χ4n) is 2.19. The predicted octanol–water partition coefficient (Wildman–Crippen LogP) is 1.25. The topological polar surface area (TPSA) is 51.5 Å². The minimum Gasteiger partial charge on any atom is -0.474 e. The van der Waals surface area contributed by atoms with Gasteiger partial charge in [0.25, 0.3) is 0 Å². The van der Waals surface area contributed by atoms with Gasteiger partial charge in [-0.15, -0.1) is 0 Å². The Balaban J connectivity index is 1.69. The van der Waals surface area contributed by atoms with E-state index in [0.29, 0.717) is 18.5 Å². The molecule has 17 heavy (non-hydrogen) atoms. The fourth-order valence-corrected chi connectivity index (χ4v) is 2.19. The lowest BCUT2D eigenvalue weighted by atomic mass is 10.1. The Morgan fingerprint density at radius 1 is 1.41 bits per heavy atom. The predicted molar refractivity (Wildman–Crippen MR) is 64.1 cm³/mol. The van der Waals surface area contributed by atoms with Gasteiger partial charge >= 0.3 is 0 Å². The van der Waals surface area contributed by atoms with E-state index in [4.69, 9.17) is 4.74 Å². The van der Waals surface area contributed by atoms with Gasteiger partial charge < -0.3 is 10.1 Å². The van der Waals surface area contributed by atoms with E-state index in [-0.39, 0.29) is 0 Å². The van der Waals surface area contributed by atoms with Crippen LogP contribution in [0.2, 0.25) is 0 Å². The second-order valence-electron chi connectivity index (χ2n) is 4.35. The van der Waals surface area contributed by atoms with Crippen LogP contribution in [0.25, 0.3) is 5.52 Å². The van der Waals surface area contributed by atoms with Crippen LogP contribution < -0.4 is 10.1 Å². The van der Waals surface area contributed by atoms with E-state index >= 15 is 0 Å². The molecule has 0 aromatic carbocycles. The number of nitrogens with zero attached hydrogens (tertiary/aromatic N) is 3. The number of nitrogens with one attached hydrogen (secondary N) is 1. The number of hydrogen-bond acceptors (Lipinski definition) is 4. The summed E-state index contributed by atoms with van der Waals surface area (Å²) in [5, 5.41) is 7.61. The molecule has 0 spiro atoms. The third-order valence-corrected chi connectivity index (χ3v) is 3.12. The van der Waals surface area contributed by atoms with Crippen molar-refractivity contribution in [1.29, 1.82) is 0 Å². The summed E-state index contributed by atoms with van der Waals surface area (Å²) in [5.41, 5.74) is 0.920. The number of rotatable bonds is 3. The molecule has 90 valence electrons. The summed E-state index contributed by atoms with van der Waals surface area (Å²) in [6.45, 7) is 1.77. The number of ether oxygens (including phenoxy) is 1. The van der Waals surface area contributed by atoms with Gasteiger partial charge in [0.2, 0.25) is 5.88 Å². The van der Waals surface area contributed by atoms with Crippen LogP contribution in [0.3, 0.4) is 0 Å². The van der Waals surface area contributed by atoms with Gasteiger partial charge in [-0.25, -0.2) is 9.50 Å². The quantitative estimate of drug-likeness (QED) is 0.865. The third-order valence-electron chi connectivity index (χ3n) is 3.12. The Morgan fingerprint density at radius 2 is 2.41 bits per heavy atom. The Bertz CT molecular complexity index is 490. The van der Waals surface area contributed by atoms with Crippen molar-refractivity contribution in [2.75, 3.05) is 13.2 Å². The number of aromatic nitrogens is 3. The first-order valence-corrected chi connectivity index (χ1v) is 6.08. The molecule has 1 saturated heterocycles. The van der Waals surface area contributed by atoms with E-state index in [2.05, 4.69) is 15.4 Å². The maximum absolute atomic E-state index is 5.78. The molecular weight excluding hydrogens is 216 g/mol. The van der Waals surface area contributed by atoms with Crippen LogP contribution in [0.15, 0.2) is 24.7 Å². The summed E-state index contributed by atoms with van der Waals surface area (Å²) in [6.07, 6.45) is 9.02. The Morgan fingerprint density at radius 3 is 3.29 bits per heavy atom. The molecule has 1 atom stereocenters. The second kappa shape index (κ2) is 4.71. The molecule has 1 aliphatic rings. The van der Waals surface area contributed by atoms with Gasteiger partial charge in [0.15, 0.2) is 0 Å². The molecule has 0 amide bonds. The smallest absolute Gasteiger partial charge is 0.240 e. The van der Waals surface area contributed by atoms with Crippen molar-refractivity contribution in [3.63, 3.8) is 0 Å². The lowest BCUT2D eigenvalue weighted by Gasteiger charge is -2.23. The largest absolute Gasteiger partial charge is 0.474 e. The first-order chi connectivity index (χ1) is 8.43. The van der Waals surface area contributed by atoms with Crippen molar-refractivity contribution < 1.29 is 4.74 Å². The number of piperidine rings is 1. The first kappa shape index (κ1) is 10.5. The molecular formula is C12H16N4O. The lowest BCUT2D eigenvalue weighted by Crippen LogP contribution is -2.38. The molecule has 5 nitrogen and oxygen atoms in total. The molecule has 0 bridgehead atoms. The van der Waals surface area contributed by atoms with E-state index in [1.165, 1.54) is 19.3 Å². The highest BCUT2D eigenvalue weighted by Gasteiger charge is 2.14. The van der Waals surface area contributed by atoms with Gasteiger partial charge in [-0.1, -0.05) is 6.42 Å².